The Bertz CT molecular complexity index is 444. The van der Waals surface area contributed by atoms with Crippen LogP contribution in [-0.2, 0) is 10.2 Å². The summed E-state index contributed by atoms with van der Waals surface area (Å²) in [6, 6.07) is 6.02. The van der Waals surface area contributed by atoms with Gasteiger partial charge < -0.3 is 9.84 Å². The highest BCUT2D eigenvalue weighted by atomic mass is 16.5. The molecular weight excluding hydrogens is 240 g/mol. The number of ether oxygens (including phenoxy) is 1. The first-order valence-electron chi connectivity index (χ1n) is 6.69. The van der Waals surface area contributed by atoms with E-state index in [4.69, 9.17) is 9.84 Å². The number of methoxy groups -OCH3 is 1. The molecule has 1 aromatic carbocycles. The van der Waals surface area contributed by atoms with Gasteiger partial charge in [-0.15, -0.1) is 0 Å². The highest BCUT2D eigenvalue weighted by molar-refractivity contribution is 5.68. The molecule has 1 rings (SSSR count). The standard InChI is InChI=1S/C16H24O3/c1-6-11(10-15(17)18)12-7-8-14(19-5)13(9-12)16(2,3)4/h7-9,11H,6,10H2,1-5H3,(H,17,18). The summed E-state index contributed by atoms with van der Waals surface area (Å²) in [5.74, 6) is 0.172. The molecule has 106 valence electrons. The first-order valence-corrected chi connectivity index (χ1v) is 6.69. The Labute approximate surface area is 115 Å². The average Bonchev–Trinajstić information content (AvgIpc) is 2.34. The van der Waals surface area contributed by atoms with E-state index < -0.39 is 5.97 Å². The van der Waals surface area contributed by atoms with E-state index in [0.29, 0.717) is 0 Å². The zero-order chi connectivity index (χ0) is 14.6. The number of hydrogen-bond donors (Lipinski definition) is 1. The Kier molecular flexibility index (Phi) is 4.98. The van der Waals surface area contributed by atoms with E-state index in [2.05, 4.69) is 26.8 Å². The quantitative estimate of drug-likeness (QED) is 0.875. The van der Waals surface area contributed by atoms with Crippen molar-refractivity contribution in [1.82, 2.24) is 0 Å². The van der Waals surface area contributed by atoms with Gasteiger partial charge in [0.15, 0.2) is 0 Å². The van der Waals surface area contributed by atoms with Crippen LogP contribution in [0.4, 0.5) is 0 Å². The van der Waals surface area contributed by atoms with Crippen LogP contribution in [0.3, 0.4) is 0 Å². The summed E-state index contributed by atoms with van der Waals surface area (Å²) in [6.45, 7) is 8.42. The van der Waals surface area contributed by atoms with Crippen molar-refractivity contribution in [2.24, 2.45) is 0 Å². The fourth-order valence-electron chi connectivity index (χ4n) is 2.27. The minimum atomic E-state index is -0.750. The van der Waals surface area contributed by atoms with Crippen LogP contribution in [0.15, 0.2) is 18.2 Å². The zero-order valence-electron chi connectivity index (χ0n) is 12.5. The number of carbonyl (C=O) groups is 1. The van der Waals surface area contributed by atoms with Crippen molar-refractivity contribution >= 4 is 5.97 Å². The molecule has 0 aliphatic carbocycles. The molecule has 0 bridgehead atoms. The Morgan fingerprint density at radius 3 is 2.42 bits per heavy atom. The van der Waals surface area contributed by atoms with Crippen LogP contribution < -0.4 is 4.74 Å². The van der Waals surface area contributed by atoms with Gasteiger partial charge in [0.2, 0.25) is 0 Å². The van der Waals surface area contributed by atoms with Crippen LogP contribution >= 0.6 is 0 Å². The third kappa shape index (κ3) is 3.98. The van der Waals surface area contributed by atoms with Crippen LogP contribution in [0.2, 0.25) is 0 Å². The summed E-state index contributed by atoms with van der Waals surface area (Å²) >= 11 is 0. The van der Waals surface area contributed by atoms with Crippen LogP contribution in [0.25, 0.3) is 0 Å². The predicted molar refractivity (Wildman–Crippen MR) is 77.0 cm³/mol. The second-order valence-electron chi connectivity index (χ2n) is 5.91. The van der Waals surface area contributed by atoms with E-state index in [9.17, 15) is 4.79 Å². The highest BCUT2D eigenvalue weighted by Crippen LogP contribution is 2.35. The second-order valence-corrected chi connectivity index (χ2v) is 5.91. The molecule has 0 aliphatic rings. The number of carboxylic acid groups (broad SMARTS) is 1. The maximum absolute atomic E-state index is 10.9. The minimum absolute atomic E-state index is 0.0249. The molecule has 1 atom stereocenters. The molecule has 1 aromatic rings. The molecule has 3 nitrogen and oxygen atoms in total. The van der Waals surface area contributed by atoms with Crippen molar-refractivity contribution in [2.75, 3.05) is 7.11 Å². The van der Waals surface area contributed by atoms with Gasteiger partial charge in [-0.3, -0.25) is 4.79 Å². The molecule has 0 saturated heterocycles. The Morgan fingerprint density at radius 1 is 1.37 bits per heavy atom. The van der Waals surface area contributed by atoms with Crippen LogP contribution in [0.5, 0.6) is 5.75 Å². The fraction of sp³-hybridized carbons (Fsp3) is 0.562. The molecule has 0 aromatic heterocycles. The van der Waals surface area contributed by atoms with Crippen LogP contribution in [0, 0.1) is 0 Å². The predicted octanol–water partition coefficient (Wildman–Crippen LogP) is 3.96. The molecule has 1 N–H and O–H groups in total. The van der Waals surface area contributed by atoms with Gasteiger partial charge in [-0.05, 0) is 34.9 Å². The van der Waals surface area contributed by atoms with Gasteiger partial charge in [0.1, 0.15) is 5.75 Å². The van der Waals surface area contributed by atoms with Gasteiger partial charge >= 0.3 is 5.97 Å². The topological polar surface area (TPSA) is 46.5 Å². The molecule has 19 heavy (non-hydrogen) atoms. The summed E-state index contributed by atoms with van der Waals surface area (Å²) in [7, 11) is 1.67. The van der Waals surface area contributed by atoms with Gasteiger partial charge in [-0.2, -0.15) is 0 Å². The number of hydrogen-bond acceptors (Lipinski definition) is 2. The molecule has 0 amide bonds. The van der Waals surface area contributed by atoms with E-state index in [1.54, 1.807) is 7.11 Å². The van der Waals surface area contributed by atoms with E-state index in [-0.39, 0.29) is 17.8 Å². The Hall–Kier alpha value is -1.51. The van der Waals surface area contributed by atoms with Gasteiger partial charge in [-0.25, -0.2) is 0 Å². The fourth-order valence-corrected chi connectivity index (χ4v) is 2.27. The maximum atomic E-state index is 10.9. The van der Waals surface area contributed by atoms with Crippen LogP contribution in [0.1, 0.15) is 57.6 Å². The van der Waals surface area contributed by atoms with Gasteiger partial charge in [0, 0.05) is 0 Å². The molecular formula is C16H24O3. The molecule has 0 spiro atoms. The number of benzene rings is 1. The van der Waals surface area contributed by atoms with Gasteiger partial charge in [0.25, 0.3) is 0 Å². The summed E-state index contributed by atoms with van der Waals surface area (Å²) < 4.78 is 5.40. The minimum Gasteiger partial charge on any atom is -0.496 e. The van der Waals surface area contributed by atoms with Crippen molar-refractivity contribution in [1.29, 1.82) is 0 Å². The molecule has 0 heterocycles. The van der Waals surface area contributed by atoms with Gasteiger partial charge in [0.05, 0.1) is 13.5 Å². The van der Waals surface area contributed by atoms with Crippen molar-refractivity contribution in [3.8, 4) is 5.75 Å². The average molecular weight is 264 g/mol. The highest BCUT2D eigenvalue weighted by Gasteiger charge is 2.22. The van der Waals surface area contributed by atoms with E-state index >= 15 is 0 Å². The summed E-state index contributed by atoms with van der Waals surface area (Å²) in [5, 5.41) is 8.98. The molecule has 0 aliphatic heterocycles. The molecule has 0 fully saturated rings. The largest absolute Gasteiger partial charge is 0.496 e. The first-order chi connectivity index (χ1) is 8.79. The van der Waals surface area contributed by atoms with E-state index in [0.717, 1.165) is 23.3 Å². The van der Waals surface area contributed by atoms with Crippen molar-refractivity contribution in [3.63, 3.8) is 0 Å². The SMILES string of the molecule is CCC(CC(=O)O)c1ccc(OC)c(C(C)(C)C)c1. The monoisotopic (exact) mass is 264 g/mol. The third-order valence-corrected chi connectivity index (χ3v) is 3.42. The lowest BCUT2D eigenvalue weighted by Crippen LogP contribution is -2.14. The molecule has 0 saturated carbocycles. The van der Waals surface area contributed by atoms with Crippen molar-refractivity contribution in [3.05, 3.63) is 29.3 Å². The zero-order valence-corrected chi connectivity index (χ0v) is 12.5. The van der Waals surface area contributed by atoms with Gasteiger partial charge in [-0.1, -0.05) is 39.8 Å². The molecule has 1 unspecified atom stereocenters. The first kappa shape index (κ1) is 15.5. The Morgan fingerprint density at radius 2 is 2.00 bits per heavy atom. The Balaban J connectivity index is 3.20. The lowest BCUT2D eigenvalue weighted by atomic mass is 9.82. The smallest absolute Gasteiger partial charge is 0.303 e. The third-order valence-electron chi connectivity index (χ3n) is 3.42. The normalized spacial score (nSPS) is 13.1. The van der Waals surface area contributed by atoms with Crippen molar-refractivity contribution < 1.29 is 14.6 Å². The molecule has 3 heteroatoms. The lowest BCUT2D eigenvalue weighted by Gasteiger charge is -2.24. The summed E-state index contributed by atoms with van der Waals surface area (Å²) in [5.41, 5.74) is 2.18. The van der Waals surface area contributed by atoms with Crippen molar-refractivity contribution in [2.45, 2.75) is 51.9 Å². The number of carboxylic acids is 1. The van der Waals surface area contributed by atoms with Crippen LogP contribution in [-0.4, -0.2) is 18.2 Å². The second kappa shape index (κ2) is 6.09. The lowest BCUT2D eigenvalue weighted by molar-refractivity contribution is -0.137. The number of rotatable bonds is 5. The number of aliphatic carboxylic acids is 1. The molecule has 0 radical (unpaired) electrons. The van der Waals surface area contributed by atoms with E-state index in [1.807, 2.05) is 19.1 Å². The van der Waals surface area contributed by atoms with E-state index in [1.165, 1.54) is 0 Å². The summed E-state index contributed by atoms with van der Waals surface area (Å²) in [6.07, 6.45) is 0.995. The maximum Gasteiger partial charge on any atom is 0.303 e. The summed E-state index contributed by atoms with van der Waals surface area (Å²) in [4.78, 5) is 10.9.